The van der Waals surface area contributed by atoms with Gasteiger partial charge in [0.15, 0.2) is 5.82 Å². The quantitative estimate of drug-likeness (QED) is 0.710. The van der Waals surface area contributed by atoms with E-state index in [-0.39, 0.29) is 5.91 Å². The van der Waals surface area contributed by atoms with Crippen LogP contribution in [0.15, 0.2) is 24.4 Å². The van der Waals surface area contributed by atoms with Gasteiger partial charge in [-0.15, -0.1) is 11.3 Å². The predicted octanol–water partition coefficient (Wildman–Crippen LogP) is 4.85. The molecule has 0 saturated carbocycles. The van der Waals surface area contributed by atoms with Crippen molar-refractivity contribution in [2.75, 3.05) is 5.32 Å². The van der Waals surface area contributed by atoms with Crippen LogP contribution in [0.4, 0.5) is 5.82 Å². The van der Waals surface area contributed by atoms with Gasteiger partial charge in [0.1, 0.15) is 4.88 Å². The third-order valence-electron chi connectivity index (χ3n) is 2.81. The molecule has 0 fully saturated rings. The summed E-state index contributed by atoms with van der Waals surface area (Å²) in [7, 11) is 1.77. The lowest BCUT2D eigenvalue weighted by atomic mass is 10.2. The van der Waals surface area contributed by atoms with E-state index in [9.17, 15) is 4.79 Å². The van der Waals surface area contributed by atoms with E-state index in [0.29, 0.717) is 31.1 Å². The summed E-state index contributed by atoms with van der Waals surface area (Å²) in [6.45, 7) is 0. The average molecular weight is 361 g/mol. The summed E-state index contributed by atoms with van der Waals surface area (Å²) in [4.78, 5) is 12.7. The van der Waals surface area contributed by atoms with Crippen LogP contribution in [0, 0.1) is 0 Å². The maximum Gasteiger partial charge on any atom is 0.268 e. The maximum atomic E-state index is 12.3. The molecule has 0 bridgehead atoms. The highest BCUT2D eigenvalue weighted by molar-refractivity contribution is 7.21. The monoisotopic (exact) mass is 359 g/mol. The highest BCUT2D eigenvalue weighted by Crippen LogP contribution is 2.41. The number of anilines is 1. The normalized spacial score (nSPS) is 11.0. The van der Waals surface area contributed by atoms with Gasteiger partial charge in [-0.25, -0.2) is 0 Å². The van der Waals surface area contributed by atoms with Crippen molar-refractivity contribution >= 4 is 68.0 Å². The van der Waals surface area contributed by atoms with E-state index in [0.717, 1.165) is 4.70 Å². The lowest BCUT2D eigenvalue weighted by Crippen LogP contribution is -2.11. The molecule has 2 aromatic heterocycles. The van der Waals surface area contributed by atoms with Gasteiger partial charge in [-0.3, -0.25) is 9.48 Å². The van der Waals surface area contributed by atoms with Gasteiger partial charge in [0.2, 0.25) is 0 Å². The number of aryl methyl sites for hydroxylation is 1. The second-order valence-corrected chi connectivity index (χ2v) is 6.61. The number of hydrogen-bond acceptors (Lipinski definition) is 3. The van der Waals surface area contributed by atoms with Gasteiger partial charge in [0.25, 0.3) is 5.91 Å². The minimum Gasteiger partial charge on any atom is -0.304 e. The van der Waals surface area contributed by atoms with Crippen molar-refractivity contribution in [2.24, 2.45) is 7.05 Å². The fourth-order valence-corrected chi connectivity index (χ4v) is 4.19. The van der Waals surface area contributed by atoms with Crippen LogP contribution in [-0.4, -0.2) is 15.7 Å². The number of nitrogens with zero attached hydrogens (tertiary/aromatic N) is 2. The largest absolute Gasteiger partial charge is 0.304 e. The fourth-order valence-electron chi connectivity index (χ4n) is 1.91. The minimum atomic E-state index is -0.327. The van der Waals surface area contributed by atoms with Crippen molar-refractivity contribution in [1.82, 2.24) is 9.78 Å². The second-order valence-electron chi connectivity index (χ2n) is 4.33. The standard InChI is InChI=1S/C13H8Cl3N3OS/c1-19-3-2-9(18-19)17-13(20)12-11(16)10-7(15)4-6(14)5-8(10)21-12/h2-5H,1H3,(H,17,18,20). The first-order chi connectivity index (χ1) is 9.95. The molecule has 4 nitrogen and oxygen atoms in total. The van der Waals surface area contributed by atoms with Crippen molar-refractivity contribution in [3.8, 4) is 0 Å². The number of amides is 1. The Morgan fingerprint density at radius 2 is 2.10 bits per heavy atom. The molecule has 0 radical (unpaired) electrons. The Labute approximate surface area is 139 Å². The van der Waals surface area contributed by atoms with Crippen LogP contribution in [0.1, 0.15) is 9.67 Å². The zero-order valence-electron chi connectivity index (χ0n) is 10.7. The SMILES string of the molecule is Cn1ccc(NC(=O)c2sc3cc(Cl)cc(Cl)c3c2Cl)n1. The van der Waals surface area contributed by atoms with E-state index in [1.807, 2.05) is 0 Å². The molecule has 0 atom stereocenters. The van der Waals surface area contributed by atoms with E-state index < -0.39 is 0 Å². The van der Waals surface area contributed by atoms with Gasteiger partial charge < -0.3 is 5.32 Å². The van der Waals surface area contributed by atoms with Crippen molar-refractivity contribution in [2.45, 2.75) is 0 Å². The van der Waals surface area contributed by atoms with E-state index in [1.54, 1.807) is 36.1 Å². The number of rotatable bonds is 2. The van der Waals surface area contributed by atoms with Gasteiger partial charge in [-0.2, -0.15) is 5.10 Å². The zero-order valence-corrected chi connectivity index (χ0v) is 13.7. The molecule has 0 saturated heterocycles. The fraction of sp³-hybridized carbons (Fsp3) is 0.0769. The number of thiophene rings is 1. The molecular weight excluding hydrogens is 353 g/mol. The van der Waals surface area contributed by atoms with E-state index in [2.05, 4.69) is 10.4 Å². The molecule has 1 N–H and O–H groups in total. The summed E-state index contributed by atoms with van der Waals surface area (Å²) < 4.78 is 2.36. The van der Waals surface area contributed by atoms with E-state index >= 15 is 0 Å². The molecule has 0 aliphatic heterocycles. The molecule has 3 aromatic rings. The molecule has 0 aliphatic carbocycles. The van der Waals surface area contributed by atoms with Crippen molar-refractivity contribution in [3.05, 3.63) is 44.3 Å². The predicted molar refractivity (Wildman–Crippen MR) is 88.0 cm³/mol. The lowest BCUT2D eigenvalue weighted by Gasteiger charge is -2.00. The summed E-state index contributed by atoms with van der Waals surface area (Å²) in [5.74, 6) is 0.132. The highest BCUT2D eigenvalue weighted by atomic mass is 35.5. The lowest BCUT2D eigenvalue weighted by molar-refractivity contribution is 0.103. The third-order valence-corrected chi connectivity index (χ3v) is 4.95. The van der Waals surface area contributed by atoms with Crippen LogP contribution in [0.25, 0.3) is 10.1 Å². The zero-order chi connectivity index (χ0) is 15.1. The molecule has 0 aliphatic rings. The summed E-state index contributed by atoms with van der Waals surface area (Å²) in [6.07, 6.45) is 1.73. The Bertz CT molecular complexity index is 856. The van der Waals surface area contributed by atoms with Gasteiger partial charge in [0.05, 0.1) is 10.0 Å². The summed E-state index contributed by atoms with van der Waals surface area (Å²) in [5, 5.41) is 8.67. The van der Waals surface area contributed by atoms with Crippen LogP contribution in [-0.2, 0) is 7.05 Å². The molecule has 2 heterocycles. The molecule has 3 rings (SSSR count). The number of fused-ring (bicyclic) bond motifs is 1. The van der Waals surface area contributed by atoms with Crippen LogP contribution < -0.4 is 5.32 Å². The summed E-state index contributed by atoms with van der Waals surface area (Å²) in [5.41, 5.74) is 0. The van der Waals surface area contributed by atoms with Crippen molar-refractivity contribution in [1.29, 1.82) is 0 Å². The molecule has 0 spiro atoms. The van der Waals surface area contributed by atoms with Gasteiger partial charge in [-0.1, -0.05) is 34.8 Å². The van der Waals surface area contributed by atoms with Crippen LogP contribution >= 0.6 is 46.1 Å². The first kappa shape index (κ1) is 14.7. The number of carbonyl (C=O) groups excluding carboxylic acids is 1. The molecule has 108 valence electrons. The Hall–Kier alpha value is -1.27. The Morgan fingerprint density at radius 1 is 1.33 bits per heavy atom. The number of benzene rings is 1. The topological polar surface area (TPSA) is 46.9 Å². The van der Waals surface area contributed by atoms with E-state index in [1.165, 1.54) is 11.3 Å². The highest BCUT2D eigenvalue weighted by Gasteiger charge is 2.20. The Morgan fingerprint density at radius 3 is 2.76 bits per heavy atom. The van der Waals surface area contributed by atoms with Crippen LogP contribution in [0.2, 0.25) is 15.1 Å². The molecule has 0 unspecified atom stereocenters. The molecule has 8 heteroatoms. The number of carbonyl (C=O) groups is 1. The molecule has 21 heavy (non-hydrogen) atoms. The molecule has 1 amide bonds. The third kappa shape index (κ3) is 2.74. The number of aromatic nitrogens is 2. The summed E-state index contributed by atoms with van der Waals surface area (Å²) >= 11 is 19.6. The van der Waals surface area contributed by atoms with Crippen LogP contribution in [0.5, 0.6) is 0 Å². The van der Waals surface area contributed by atoms with E-state index in [4.69, 9.17) is 34.8 Å². The number of halogens is 3. The van der Waals surface area contributed by atoms with Gasteiger partial charge in [-0.05, 0) is 12.1 Å². The maximum absolute atomic E-state index is 12.3. The Kier molecular flexibility index (Phi) is 3.84. The number of nitrogens with one attached hydrogen (secondary N) is 1. The second kappa shape index (κ2) is 5.50. The average Bonchev–Trinajstić information content (AvgIpc) is 2.93. The Balaban J connectivity index is 2.02. The van der Waals surface area contributed by atoms with Crippen LogP contribution in [0.3, 0.4) is 0 Å². The first-order valence-electron chi connectivity index (χ1n) is 5.84. The van der Waals surface area contributed by atoms with Crippen molar-refractivity contribution in [3.63, 3.8) is 0 Å². The number of hydrogen-bond donors (Lipinski definition) is 1. The smallest absolute Gasteiger partial charge is 0.268 e. The van der Waals surface area contributed by atoms with Gasteiger partial charge >= 0.3 is 0 Å². The van der Waals surface area contributed by atoms with Crippen molar-refractivity contribution < 1.29 is 4.79 Å². The summed E-state index contributed by atoms with van der Waals surface area (Å²) in [6, 6.07) is 5.03. The van der Waals surface area contributed by atoms with Gasteiger partial charge in [0, 0.05) is 34.4 Å². The molecule has 1 aromatic carbocycles. The first-order valence-corrected chi connectivity index (χ1v) is 7.79. The molecular formula is C13H8Cl3N3OS. The minimum absolute atomic E-state index is 0.324.